The van der Waals surface area contributed by atoms with Gasteiger partial charge in [0.15, 0.2) is 0 Å². The highest BCUT2D eigenvalue weighted by molar-refractivity contribution is 6.02. The normalized spacial score (nSPS) is 9.38. The summed E-state index contributed by atoms with van der Waals surface area (Å²) in [7, 11) is 0. The lowest BCUT2D eigenvalue weighted by Gasteiger charge is -1.99. The maximum absolute atomic E-state index is 10.8. The van der Waals surface area contributed by atoms with Gasteiger partial charge in [0.1, 0.15) is 0 Å². The molecule has 0 unspecified atom stereocenters. The van der Waals surface area contributed by atoms with Gasteiger partial charge in [-0.05, 0) is 25.1 Å². The molecule has 0 fully saturated rings. The van der Waals surface area contributed by atoms with Crippen LogP contribution in [-0.4, -0.2) is 27.8 Å². The number of aromatic carboxylic acids is 1. The molecule has 0 aliphatic rings. The first-order chi connectivity index (χ1) is 7.70. The number of hydrogen-bond acceptors (Lipinski definition) is 3. The van der Waals surface area contributed by atoms with Crippen LogP contribution in [0, 0.1) is 0 Å². The minimum Gasteiger partial charge on any atom is -0.478 e. The Bertz CT molecular complexity index is 477. The largest absolute Gasteiger partial charge is 0.478 e. The molecule has 2 N–H and O–H groups in total. The van der Waals surface area contributed by atoms with Crippen molar-refractivity contribution in [2.45, 2.75) is 6.92 Å². The van der Waals surface area contributed by atoms with Gasteiger partial charge < -0.3 is 10.2 Å². The van der Waals surface area contributed by atoms with Crippen molar-refractivity contribution in [3.8, 4) is 0 Å². The van der Waals surface area contributed by atoms with E-state index < -0.39 is 5.97 Å². The van der Waals surface area contributed by atoms with Gasteiger partial charge in [0.25, 0.3) is 0 Å². The third-order valence-corrected chi connectivity index (χ3v) is 1.88. The number of aliphatic hydroxyl groups is 1. The van der Waals surface area contributed by atoms with E-state index >= 15 is 0 Å². The molecule has 16 heavy (non-hydrogen) atoms. The zero-order valence-corrected chi connectivity index (χ0v) is 8.92. The second-order valence-corrected chi connectivity index (χ2v) is 3.00. The van der Waals surface area contributed by atoms with E-state index in [2.05, 4.69) is 4.98 Å². The summed E-state index contributed by atoms with van der Waals surface area (Å²) in [5.74, 6) is -0.918. The van der Waals surface area contributed by atoms with Crippen LogP contribution in [0.1, 0.15) is 17.3 Å². The fourth-order valence-electron chi connectivity index (χ4n) is 1.29. The molecule has 0 bridgehead atoms. The highest BCUT2D eigenvalue weighted by Crippen LogP contribution is 2.15. The molecule has 2 rings (SSSR count). The van der Waals surface area contributed by atoms with Crippen LogP contribution in [0.4, 0.5) is 0 Å². The Morgan fingerprint density at radius 3 is 2.62 bits per heavy atom. The summed E-state index contributed by atoms with van der Waals surface area (Å²) in [5, 5.41) is 17.1. The number of carbonyl (C=O) groups is 1. The molecule has 84 valence electrons. The fraction of sp³-hybridized carbons (Fsp3) is 0.167. The second kappa shape index (κ2) is 5.82. The smallest absolute Gasteiger partial charge is 0.336 e. The molecule has 0 atom stereocenters. The molecule has 1 aromatic heterocycles. The Hall–Kier alpha value is -1.94. The maximum atomic E-state index is 10.8. The van der Waals surface area contributed by atoms with Gasteiger partial charge in [0.2, 0.25) is 0 Å². The highest BCUT2D eigenvalue weighted by Gasteiger charge is 2.06. The molecule has 0 amide bonds. The molecule has 4 heteroatoms. The highest BCUT2D eigenvalue weighted by atomic mass is 16.4. The lowest BCUT2D eigenvalue weighted by atomic mass is 10.1. The van der Waals surface area contributed by atoms with Gasteiger partial charge in [0.05, 0.1) is 11.1 Å². The van der Waals surface area contributed by atoms with E-state index in [9.17, 15) is 4.79 Å². The molecular weight excluding hydrogens is 206 g/mol. The van der Waals surface area contributed by atoms with Crippen LogP contribution in [0.2, 0.25) is 0 Å². The van der Waals surface area contributed by atoms with E-state index in [1.54, 1.807) is 43.5 Å². The lowest BCUT2D eigenvalue weighted by Crippen LogP contribution is -1.97. The number of hydrogen-bond donors (Lipinski definition) is 2. The minimum absolute atomic E-state index is 0.250. The summed E-state index contributed by atoms with van der Waals surface area (Å²) in [5.41, 5.74) is 1.01. The topological polar surface area (TPSA) is 70.4 Å². The van der Waals surface area contributed by atoms with Gasteiger partial charge in [-0.1, -0.05) is 12.1 Å². The monoisotopic (exact) mass is 219 g/mol. The molecule has 0 radical (unpaired) electrons. The predicted octanol–water partition coefficient (Wildman–Crippen LogP) is 1.93. The number of carboxylic acid groups (broad SMARTS) is 1. The van der Waals surface area contributed by atoms with Gasteiger partial charge in [-0.3, -0.25) is 4.98 Å². The van der Waals surface area contributed by atoms with E-state index in [1.807, 2.05) is 0 Å². The van der Waals surface area contributed by atoms with E-state index in [1.165, 1.54) is 0 Å². The summed E-state index contributed by atoms with van der Waals surface area (Å²) < 4.78 is 0. The van der Waals surface area contributed by atoms with Crippen molar-refractivity contribution in [2.24, 2.45) is 0 Å². The molecule has 0 saturated heterocycles. The number of fused-ring (bicyclic) bond motifs is 1. The van der Waals surface area contributed by atoms with Crippen molar-refractivity contribution in [3.63, 3.8) is 0 Å². The average Bonchev–Trinajstić information content (AvgIpc) is 2.29. The van der Waals surface area contributed by atoms with Crippen LogP contribution < -0.4 is 0 Å². The summed E-state index contributed by atoms with van der Waals surface area (Å²) in [4.78, 5) is 14.8. The molecule has 0 saturated carbocycles. The fourth-order valence-corrected chi connectivity index (χ4v) is 1.29. The van der Waals surface area contributed by atoms with E-state index in [0.29, 0.717) is 16.5 Å². The van der Waals surface area contributed by atoms with Crippen LogP contribution in [0.3, 0.4) is 0 Å². The van der Waals surface area contributed by atoms with Crippen LogP contribution in [0.25, 0.3) is 10.9 Å². The van der Waals surface area contributed by atoms with E-state index in [0.717, 1.165) is 0 Å². The molecule has 2 aromatic rings. The zero-order chi connectivity index (χ0) is 12.0. The summed E-state index contributed by atoms with van der Waals surface area (Å²) in [6.45, 7) is 1.93. The number of benzene rings is 1. The van der Waals surface area contributed by atoms with Crippen molar-refractivity contribution >= 4 is 16.9 Å². The molecular formula is C12H13NO3. The Morgan fingerprint density at radius 1 is 1.31 bits per heavy atom. The maximum Gasteiger partial charge on any atom is 0.336 e. The second-order valence-electron chi connectivity index (χ2n) is 3.00. The number of aliphatic hydroxyl groups excluding tert-OH is 1. The summed E-state index contributed by atoms with van der Waals surface area (Å²) in [6.07, 6.45) is 1.65. The molecule has 0 aliphatic carbocycles. The van der Waals surface area contributed by atoms with E-state index in [-0.39, 0.29) is 6.61 Å². The van der Waals surface area contributed by atoms with Crippen LogP contribution in [0.15, 0.2) is 36.5 Å². The predicted molar refractivity (Wildman–Crippen MR) is 61.5 cm³/mol. The molecule has 4 nitrogen and oxygen atoms in total. The van der Waals surface area contributed by atoms with Gasteiger partial charge >= 0.3 is 5.97 Å². The van der Waals surface area contributed by atoms with Crippen LogP contribution >= 0.6 is 0 Å². The first-order valence-corrected chi connectivity index (χ1v) is 4.88. The van der Waals surface area contributed by atoms with Crippen LogP contribution in [0.5, 0.6) is 0 Å². The zero-order valence-electron chi connectivity index (χ0n) is 8.92. The number of carboxylic acids is 1. The SMILES string of the molecule is CCO.O=C(O)c1cccc2ncccc12. The lowest BCUT2D eigenvalue weighted by molar-refractivity contribution is 0.0699. The van der Waals surface area contributed by atoms with Crippen molar-refractivity contribution in [2.75, 3.05) is 6.61 Å². The first kappa shape index (κ1) is 12.1. The van der Waals surface area contributed by atoms with Crippen molar-refractivity contribution in [1.29, 1.82) is 0 Å². The number of rotatable bonds is 1. The summed E-state index contributed by atoms with van der Waals surface area (Å²) >= 11 is 0. The average molecular weight is 219 g/mol. The van der Waals surface area contributed by atoms with Crippen molar-refractivity contribution < 1.29 is 15.0 Å². The molecule has 1 heterocycles. The van der Waals surface area contributed by atoms with Crippen molar-refractivity contribution in [1.82, 2.24) is 4.98 Å². The first-order valence-electron chi connectivity index (χ1n) is 4.88. The van der Waals surface area contributed by atoms with Gasteiger partial charge in [-0.15, -0.1) is 0 Å². The molecule has 0 aliphatic heterocycles. The third kappa shape index (κ3) is 2.77. The Kier molecular flexibility index (Phi) is 4.42. The van der Waals surface area contributed by atoms with Gasteiger partial charge in [0, 0.05) is 18.2 Å². The quantitative estimate of drug-likeness (QED) is 0.768. The number of aromatic nitrogens is 1. The third-order valence-electron chi connectivity index (χ3n) is 1.88. The van der Waals surface area contributed by atoms with Crippen molar-refractivity contribution in [3.05, 3.63) is 42.1 Å². The Labute approximate surface area is 93.2 Å². The summed E-state index contributed by atoms with van der Waals surface area (Å²) in [6, 6.07) is 8.55. The molecule has 1 aromatic carbocycles. The molecule has 0 spiro atoms. The number of nitrogens with zero attached hydrogens (tertiary/aromatic N) is 1. The van der Waals surface area contributed by atoms with Gasteiger partial charge in [-0.25, -0.2) is 4.79 Å². The Morgan fingerprint density at radius 2 is 2.00 bits per heavy atom. The van der Waals surface area contributed by atoms with E-state index in [4.69, 9.17) is 10.2 Å². The van der Waals surface area contributed by atoms with Crippen LogP contribution in [-0.2, 0) is 0 Å². The van der Waals surface area contributed by atoms with Gasteiger partial charge in [-0.2, -0.15) is 0 Å². The Balaban J connectivity index is 0.000000386. The standard InChI is InChI=1S/C10H7NO2.C2H6O/c12-10(13)8-3-1-5-9-7(8)4-2-6-11-9;1-2-3/h1-6H,(H,12,13);3H,2H2,1H3. The minimum atomic E-state index is -0.918. The number of pyridine rings is 1.